The average molecular weight is 472 g/mol. The molecule has 1 aliphatic rings. The van der Waals surface area contributed by atoms with Gasteiger partial charge in [-0.25, -0.2) is 19.0 Å². The van der Waals surface area contributed by atoms with Gasteiger partial charge in [-0.1, -0.05) is 18.7 Å². The zero-order valence-electron chi connectivity index (χ0n) is 19.5. The van der Waals surface area contributed by atoms with Crippen LogP contribution >= 0.6 is 0 Å². The molecule has 2 aromatic carbocycles. The van der Waals surface area contributed by atoms with Gasteiger partial charge in [0.25, 0.3) is 0 Å². The van der Waals surface area contributed by atoms with Crippen LogP contribution < -0.4 is 4.74 Å². The summed E-state index contributed by atoms with van der Waals surface area (Å²) in [6.07, 6.45) is 5.45. The molecule has 0 spiro atoms. The van der Waals surface area contributed by atoms with Crippen molar-refractivity contribution < 1.29 is 13.9 Å². The molecule has 0 aliphatic carbocycles. The van der Waals surface area contributed by atoms with Crippen LogP contribution in [0.2, 0.25) is 0 Å². The Morgan fingerprint density at radius 3 is 2.86 bits per heavy atom. The first-order chi connectivity index (χ1) is 17.0. The molecule has 0 bridgehead atoms. The smallest absolute Gasteiger partial charge is 0.246 e. The van der Waals surface area contributed by atoms with Crippen molar-refractivity contribution in [1.82, 2.24) is 24.6 Å². The van der Waals surface area contributed by atoms with E-state index in [1.54, 1.807) is 30.5 Å². The number of carbonyl (C=O) groups is 1. The average Bonchev–Trinajstić information content (AvgIpc) is 3.49. The zero-order valence-corrected chi connectivity index (χ0v) is 19.5. The summed E-state index contributed by atoms with van der Waals surface area (Å²) in [7, 11) is 0. The van der Waals surface area contributed by atoms with Crippen LogP contribution in [-0.4, -0.2) is 43.1 Å². The number of hydrogen-bond donors (Lipinski definition) is 0. The molecule has 1 amide bonds. The Labute approximate surface area is 202 Å². The summed E-state index contributed by atoms with van der Waals surface area (Å²) in [5.74, 6) is 1.17. The van der Waals surface area contributed by atoms with Gasteiger partial charge in [0.05, 0.1) is 18.0 Å². The third-order valence-corrected chi connectivity index (χ3v) is 6.31. The minimum Gasteiger partial charge on any atom is -0.457 e. The maximum absolute atomic E-state index is 13.6. The number of likely N-dealkylation sites (tertiary alicyclic amines) is 1. The van der Waals surface area contributed by atoms with E-state index >= 15 is 0 Å². The highest BCUT2D eigenvalue weighted by Gasteiger charge is 2.29. The van der Waals surface area contributed by atoms with E-state index in [9.17, 15) is 9.18 Å². The highest BCUT2D eigenvalue weighted by molar-refractivity contribution is 5.90. The molecule has 1 saturated heterocycles. The summed E-state index contributed by atoms with van der Waals surface area (Å²) in [6.45, 7) is 6.41. The number of ether oxygens (including phenoxy) is 1. The molecule has 4 aromatic rings. The number of halogens is 1. The molecule has 0 saturated carbocycles. The van der Waals surface area contributed by atoms with Crippen LogP contribution in [0, 0.1) is 0 Å². The van der Waals surface area contributed by atoms with Gasteiger partial charge in [-0.3, -0.25) is 4.79 Å². The Bertz CT molecular complexity index is 1370. The molecule has 35 heavy (non-hydrogen) atoms. The summed E-state index contributed by atoms with van der Waals surface area (Å²) >= 11 is 0. The van der Waals surface area contributed by atoms with Gasteiger partial charge in [-0.2, -0.15) is 5.10 Å². The van der Waals surface area contributed by atoms with E-state index in [1.165, 1.54) is 19.3 Å². The van der Waals surface area contributed by atoms with Crippen molar-refractivity contribution in [3.8, 4) is 22.8 Å². The molecule has 0 radical (unpaired) electrons. The molecule has 2 aromatic heterocycles. The summed E-state index contributed by atoms with van der Waals surface area (Å²) in [5.41, 5.74) is 2.96. The fourth-order valence-electron chi connectivity index (χ4n) is 4.53. The topological polar surface area (TPSA) is 73.1 Å². The Kier molecular flexibility index (Phi) is 6.27. The number of fused-ring (bicyclic) bond motifs is 1. The highest BCUT2D eigenvalue weighted by atomic mass is 19.1. The first-order valence-corrected chi connectivity index (χ1v) is 11.7. The molecule has 3 heterocycles. The van der Waals surface area contributed by atoms with Gasteiger partial charge in [-0.15, -0.1) is 0 Å². The molecule has 1 aliphatic heterocycles. The standard InChI is InChI=1S/C27H26FN5O2/c1-3-25(34)32-13-5-7-21(32)16-33-27-24(15-29-17-30-27)26(31-33)19-9-11-22(12-10-19)35-23-8-4-6-20(14-23)18(2)28/h3-4,6,8-12,14-15,17-18,21H,1,5,7,13,16H2,2H3/t18?,21-/m1/s1. The molecular weight excluding hydrogens is 445 g/mol. The fraction of sp³-hybridized carbons (Fsp3) is 0.259. The lowest BCUT2D eigenvalue weighted by Gasteiger charge is -2.23. The van der Waals surface area contributed by atoms with Crippen molar-refractivity contribution in [3.05, 3.63) is 79.3 Å². The van der Waals surface area contributed by atoms with E-state index in [0.717, 1.165) is 41.7 Å². The molecule has 0 N–H and O–H groups in total. The van der Waals surface area contributed by atoms with Gasteiger partial charge in [0.2, 0.25) is 5.91 Å². The summed E-state index contributed by atoms with van der Waals surface area (Å²) < 4.78 is 21.4. The van der Waals surface area contributed by atoms with Crippen molar-refractivity contribution in [2.24, 2.45) is 0 Å². The van der Waals surface area contributed by atoms with Gasteiger partial charge in [0.1, 0.15) is 29.7 Å². The minimum absolute atomic E-state index is 0.0463. The monoisotopic (exact) mass is 471 g/mol. The largest absolute Gasteiger partial charge is 0.457 e. The lowest BCUT2D eigenvalue weighted by molar-refractivity contribution is -0.127. The molecule has 8 heteroatoms. The SMILES string of the molecule is C=CC(=O)N1CCC[C@@H]1Cn1nc(-c2ccc(Oc3cccc(C(C)F)c3)cc2)c2cncnc21. The number of hydrogen-bond acceptors (Lipinski definition) is 5. The second-order valence-corrected chi connectivity index (χ2v) is 8.64. The molecular formula is C27H26FN5O2. The third-order valence-electron chi connectivity index (χ3n) is 6.31. The normalized spacial score (nSPS) is 16.4. The van der Waals surface area contributed by atoms with Crippen LogP contribution in [0.15, 0.2) is 73.7 Å². The molecule has 7 nitrogen and oxygen atoms in total. The van der Waals surface area contributed by atoms with Crippen LogP contribution in [0.3, 0.4) is 0 Å². The Morgan fingerprint density at radius 2 is 2.09 bits per heavy atom. The minimum atomic E-state index is -1.06. The maximum Gasteiger partial charge on any atom is 0.246 e. The molecule has 2 atom stereocenters. The van der Waals surface area contributed by atoms with E-state index < -0.39 is 6.17 Å². The van der Waals surface area contributed by atoms with Gasteiger partial charge in [0, 0.05) is 18.3 Å². The predicted octanol–water partition coefficient (Wildman–Crippen LogP) is 5.49. The summed E-state index contributed by atoms with van der Waals surface area (Å²) in [6, 6.07) is 14.6. The number of benzene rings is 2. The van der Waals surface area contributed by atoms with Crippen molar-refractivity contribution >= 4 is 16.9 Å². The first kappa shape index (κ1) is 22.7. The number of nitrogens with zero attached hydrogens (tertiary/aromatic N) is 5. The quantitative estimate of drug-likeness (QED) is 0.333. The lowest BCUT2D eigenvalue weighted by Crippen LogP contribution is -2.37. The van der Waals surface area contributed by atoms with E-state index in [1.807, 2.05) is 33.8 Å². The van der Waals surface area contributed by atoms with Gasteiger partial charge < -0.3 is 9.64 Å². The van der Waals surface area contributed by atoms with Gasteiger partial charge in [0.15, 0.2) is 5.65 Å². The maximum atomic E-state index is 13.6. The lowest BCUT2D eigenvalue weighted by atomic mass is 10.1. The van der Waals surface area contributed by atoms with Crippen LogP contribution in [0.5, 0.6) is 11.5 Å². The number of amides is 1. The van der Waals surface area contributed by atoms with Gasteiger partial charge >= 0.3 is 0 Å². The second kappa shape index (κ2) is 9.66. The Morgan fingerprint density at radius 1 is 1.26 bits per heavy atom. The van der Waals surface area contributed by atoms with Crippen LogP contribution in [-0.2, 0) is 11.3 Å². The molecule has 1 fully saturated rings. The summed E-state index contributed by atoms with van der Waals surface area (Å²) in [4.78, 5) is 22.8. The van der Waals surface area contributed by atoms with E-state index in [4.69, 9.17) is 9.84 Å². The van der Waals surface area contributed by atoms with Crippen molar-refractivity contribution in [2.75, 3.05) is 6.54 Å². The van der Waals surface area contributed by atoms with Crippen molar-refractivity contribution in [2.45, 2.75) is 38.5 Å². The highest BCUT2D eigenvalue weighted by Crippen LogP contribution is 2.31. The predicted molar refractivity (Wildman–Crippen MR) is 132 cm³/mol. The number of alkyl halides is 1. The Balaban J connectivity index is 1.41. The van der Waals surface area contributed by atoms with Crippen LogP contribution in [0.1, 0.15) is 31.5 Å². The van der Waals surface area contributed by atoms with Crippen molar-refractivity contribution in [1.29, 1.82) is 0 Å². The first-order valence-electron chi connectivity index (χ1n) is 11.7. The fourth-order valence-corrected chi connectivity index (χ4v) is 4.53. The molecule has 5 rings (SSSR count). The van der Waals surface area contributed by atoms with E-state index in [2.05, 4.69) is 16.5 Å². The number of rotatable bonds is 7. The zero-order chi connectivity index (χ0) is 24.4. The van der Waals surface area contributed by atoms with Crippen LogP contribution in [0.4, 0.5) is 4.39 Å². The van der Waals surface area contributed by atoms with E-state index in [-0.39, 0.29) is 11.9 Å². The summed E-state index contributed by atoms with van der Waals surface area (Å²) in [5, 5.41) is 5.69. The van der Waals surface area contributed by atoms with E-state index in [0.29, 0.717) is 23.6 Å². The Hall–Kier alpha value is -4.07. The van der Waals surface area contributed by atoms with Gasteiger partial charge in [-0.05, 0) is 67.8 Å². The van der Waals surface area contributed by atoms with Crippen molar-refractivity contribution in [3.63, 3.8) is 0 Å². The second-order valence-electron chi connectivity index (χ2n) is 8.64. The molecule has 178 valence electrons. The third kappa shape index (κ3) is 4.64. The number of aromatic nitrogens is 4. The number of carbonyl (C=O) groups excluding carboxylic acids is 1. The van der Waals surface area contributed by atoms with Crippen LogP contribution in [0.25, 0.3) is 22.3 Å². The molecule has 1 unspecified atom stereocenters.